The van der Waals surface area contributed by atoms with Crippen LogP contribution in [0, 0.1) is 0 Å². The summed E-state index contributed by atoms with van der Waals surface area (Å²) in [7, 11) is 3.02. The fourth-order valence-electron chi connectivity index (χ4n) is 3.23. The SMILES string of the molecule is COc1ccc(NC(=O)c2ccc3c(c2)C(=O)N(Cc2ccco2)C3=O)c(OC)c1. The van der Waals surface area contributed by atoms with Crippen LogP contribution in [0.1, 0.15) is 36.8 Å². The number of furan rings is 1. The van der Waals surface area contributed by atoms with Gasteiger partial charge in [0.25, 0.3) is 17.7 Å². The number of anilines is 1. The highest BCUT2D eigenvalue weighted by molar-refractivity contribution is 6.22. The summed E-state index contributed by atoms with van der Waals surface area (Å²) in [4.78, 5) is 39.2. The summed E-state index contributed by atoms with van der Waals surface area (Å²) in [6.07, 6.45) is 1.48. The number of ether oxygens (including phenoxy) is 2. The highest BCUT2D eigenvalue weighted by Gasteiger charge is 2.36. The molecule has 0 spiro atoms. The van der Waals surface area contributed by atoms with E-state index in [4.69, 9.17) is 13.9 Å². The second-order valence-corrected chi connectivity index (χ2v) is 6.56. The van der Waals surface area contributed by atoms with Gasteiger partial charge in [-0.3, -0.25) is 19.3 Å². The van der Waals surface area contributed by atoms with Gasteiger partial charge in [0.1, 0.15) is 17.3 Å². The molecule has 0 aliphatic carbocycles. The summed E-state index contributed by atoms with van der Waals surface area (Å²) in [6, 6.07) is 12.8. The molecule has 0 bridgehead atoms. The minimum Gasteiger partial charge on any atom is -0.497 e. The Labute approximate surface area is 172 Å². The predicted molar refractivity (Wildman–Crippen MR) is 107 cm³/mol. The van der Waals surface area contributed by atoms with Crippen LogP contribution in [-0.4, -0.2) is 36.8 Å². The van der Waals surface area contributed by atoms with Crippen LogP contribution in [0.3, 0.4) is 0 Å². The Kier molecular flexibility index (Phi) is 4.97. The Hall–Kier alpha value is -4.07. The van der Waals surface area contributed by atoms with Crippen molar-refractivity contribution < 1.29 is 28.3 Å². The molecule has 0 atom stereocenters. The molecule has 3 aromatic rings. The van der Waals surface area contributed by atoms with Crippen molar-refractivity contribution in [1.29, 1.82) is 0 Å². The third kappa shape index (κ3) is 3.39. The molecule has 2 heterocycles. The molecule has 1 aliphatic heterocycles. The molecule has 8 heteroatoms. The Morgan fingerprint density at radius 3 is 2.50 bits per heavy atom. The number of hydrogen-bond acceptors (Lipinski definition) is 6. The molecule has 0 saturated carbocycles. The van der Waals surface area contributed by atoms with Crippen LogP contribution in [-0.2, 0) is 6.54 Å². The minimum absolute atomic E-state index is 0.0317. The standard InChI is InChI=1S/C22H18N2O6/c1-28-14-6-8-18(19(11-14)29-2)23-20(25)13-5-7-16-17(10-13)22(27)24(21(16)26)12-15-4-3-9-30-15/h3-11H,12H2,1-2H3,(H,23,25). The van der Waals surface area contributed by atoms with Gasteiger partial charge >= 0.3 is 0 Å². The zero-order chi connectivity index (χ0) is 21.3. The topological polar surface area (TPSA) is 98.1 Å². The largest absolute Gasteiger partial charge is 0.497 e. The van der Waals surface area contributed by atoms with E-state index < -0.39 is 17.7 Å². The Bertz CT molecular complexity index is 1140. The Morgan fingerprint density at radius 2 is 1.80 bits per heavy atom. The number of fused-ring (bicyclic) bond motifs is 1. The van der Waals surface area contributed by atoms with E-state index in [1.807, 2.05) is 0 Å². The fourth-order valence-corrected chi connectivity index (χ4v) is 3.23. The van der Waals surface area contributed by atoms with Gasteiger partial charge in [0, 0.05) is 11.6 Å². The van der Waals surface area contributed by atoms with Gasteiger partial charge in [0.05, 0.1) is 43.8 Å². The first-order valence-electron chi connectivity index (χ1n) is 9.08. The molecule has 30 heavy (non-hydrogen) atoms. The van der Waals surface area contributed by atoms with Crippen molar-refractivity contribution in [1.82, 2.24) is 4.90 Å². The highest BCUT2D eigenvalue weighted by Crippen LogP contribution is 2.30. The maximum absolute atomic E-state index is 12.7. The van der Waals surface area contributed by atoms with Crippen molar-refractivity contribution in [3.05, 3.63) is 77.2 Å². The smallest absolute Gasteiger partial charge is 0.261 e. The number of benzene rings is 2. The van der Waals surface area contributed by atoms with Crippen LogP contribution in [0.5, 0.6) is 11.5 Å². The zero-order valence-corrected chi connectivity index (χ0v) is 16.3. The van der Waals surface area contributed by atoms with Gasteiger partial charge in [-0.1, -0.05) is 0 Å². The first-order chi connectivity index (χ1) is 14.5. The van der Waals surface area contributed by atoms with Gasteiger partial charge in [-0.25, -0.2) is 0 Å². The second kappa shape index (κ2) is 7.75. The number of nitrogens with one attached hydrogen (secondary N) is 1. The predicted octanol–water partition coefficient (Wildman–Crippen LogP) is 3.35. The van der Waals surface area contributed by atoms with Crippen LogP contribution in [0.15, 0.2) is 59.2 Å². The summed E-state index contributed by atoms with van der Waals surface area (Å²) >= 11 is 0. The molecule has 1 aliphatic rings. The summed E-state index contributed by atoms with van der Waals surface area (Å²) in [5, 5.41) is 2.75. The third-order valence-electron chi connectivity index (χ3n) is 4.78. The lowest BCUT2D eigenvalue weighted by Crippen LogP contribution is -2.28. The molecule has 8 nitrogen and oxygen atoms in total. The monoisotopic (exact) mass is 406 g/mol. The van der Waals surface area contributed by atoms with Crippen LogP contribution in [0.4, 0.5) is 5.69 Å². The van der Waals surface area contributed by atoms with Crippen molar-refractivity contribution >= 4 is 23.4 Å². The molecule has 0 saturated heterocycles. The number of methoxy groups -OCH3 is 2. The molecule has 0 fully saturated rings. The number of hydrogen-bond donors (Lipinski definition) is 1. The zero-order valence-electron chi connectivity index (χ0n) is 16.3. The van der Waals surface area contributed by atoms with Crippen molar-refractivity contribution in [2.24, 2.45) is 0 Å². The number of rotatable bonds is 6. The molecule has 0 radical (unpaired) electrons. The van der Waals surface area contributed by atoms with Gasteiger partial charge in [-0.15, -0.1) is 0 Å². The van der Waals surface area contributed by atoms with Crippen molar-refractivity contribution in [2.75, 3.05) is 19.5 Å². The van der Waals surface area contributed by atoms with Crippen LogP contribution in [0.2, 0.25) is 0 Å². The van der Waals surface area contributed by atoms with Crippen molar-refractivity contribution in [2.45, 2.75) is 6.54 Å². The summed E-state index contributed by atoms with van der Waals surface area (Å²) in [5.41, 5.74) is 1.13. The fraction of sp³-hybridized carbons (Fsp3) is 0.136. The third-order valence-corrected chi connectivity index (χ3v) is 4.78. The molecule has 4 rings (SSSR count). The number of carbonyl (C=O) groups is 3. The summed E-state index contributed by atoms with van der Waals surface area (Å²) in [6.45, 7) is 0.0317. The van der Waals surface area contributed by atoms with Crippen molar-refractivity contribution in [3.8, 4) is 11.5 Å². The average Bonchev–Trinajstić information content (AvgIpc) is 3.36. The van der Waals surface area contributed by atoms with Gasteiger partial charge in [-0.2, -0.15) is 0 Å². The Balaban J connectivity index is 1.57. The molecule has 1 aromatic heterocycles. The van der Waals surface area contributed by atoms with Crippen LogP contribution in [0.25, 0.3) is 0 Å². The number of amides is 3. The maximum atomic E-state index is 12.7. The lowest BCUT2D eigenvalue weighted by atomic mass is 10.1. The van der Waals surface area contributed by atoms with Gasteiger partial charge in [-0.05, 0) is 42.5 Å². The van der Waals surface area contributed by atoms with E-state index in [-0.39, 0.29) is 23.2 Å². The Morgan fingerprint density at radius 1 is 1.00 bits per heavy atom. The number of imide groups is 1. The maximum Gasteiger partial charge on any atom is 0.261 e. The van der Waals surface area contributed by atoms with Gasteiger partial charge < -0.3 is 19.2 Å². The average molecular weight is 406 g/mol. The van der Waals surface area contributed by atoms with E-state index in [0.717, 1.165) is 4.90 Å². The van der Waals surface area contributed by atoms with E-state index in [0.29, 0.717) is 22.9 Å². The van der Waals surface area contributed by atoms with E-state index in [1.165, 1.54) is 38.7 Å². The highest BCUT2D eigenvalue weighted by atomic mass is 16.5. The molecular formula is C22H18N2O6. The van der Waals surface area contributed by atoms with Gasteiger partial charge in [0.15, 0.2) is 0 Å². The van der Waals surface area contributed by atoms with Crippen LogP contribution < -0.4 is 14.8 Å². The normalized spacial score (nSPS) is 12.7. The molecule has 152 valence electrons. The number of carbonyl (C=O) groups excluding carboxylic acids is 3. The lowest BCUT2D eigenvalue weighted by molar-refractivity contribution is 0.0631. The van der Waals surface area contributed by atoms with E-state index in [2.05, 4.69) is 5.32 Å². The quantitative estimate of drug-likeness (QED) is 0.631. The summed E-state index contributed by atoms with van der Waals surface area (Å²) in [5.74, 6) is 0.182. The summed E-state index contributed by atoms with van der Waals surface area (Å²) < 4.78 is 15.7. The first kappa shape index (κ1) is 19.3. The van der Waals surface area contributed by atoms with Crippen LogP contribution >= 0.6 is 0 Å². The molecule has 2 aromatic carbocycles. The van der Waals surface area contributed by atoms with E-state index in [1.54, 1.807) is 30.3 Å². The minimum atomic E-state index is -0.469. The molecule has 1 N–H and O–H groups in total. The number of nitrogens with zero attached hydrogens (tertiary/aromatic N) is 1. The molecule has 3 amide bonds. The molecular weight excluding hydrogens is 388 g/mol. The van der Waals surface area contributed by atoms with E-state index >= 15 is 0 Å². The van der Waals surface area contributed by atoms with E-state index in [9.17, 15) is 14.4 Å². The second-order valence-electron chi connectivity index (χ2n) is 6.56. The molecule has 0 unspecified atom stereocenters. The van der Waals surface area contributed by atoms with Gasteiger partial charge in [0.2, 0.25) is 0 Å². The first-order valence-corrected chi connectivity index (χ1v) is 9.08. The van der Waals surface area contributed by atoms with Crippen molar-refractivity contribution in [3.63, 3.8) is 0 Å². The lowest BCUT2D eigenvalue weighted by Gasteiger charge is -2.12.